The number of esters is 2. The van der Waals surface area contributed by atoms with Crippen molar-refractivity contribution in [1.82, 2.24) is 0 Å². The average Bonchev–Trinajstić information content (AvgIpc) is 2.74. The van der Waals surface area contributed by atoms with Crippen LogP contribution in [-0.2, 0) is 31.9 Å². The predicted octanol–water partition coefficient (Wildman–Crippen LogP) is 5.46. The standard InChI is InChI=1S/C26H25FO4/c1-16(2)25(28)30-13-11-18-5-8-21-20(15-18)7-10-23-22(21)9-6-19(24(23)27)12-14-31-26(29)17(3)4/h5-10,15H,1,3,11-14H2,2,4H3. The molecule has 0 radical (unpaired) electrons. The number of ether oxygens (including phenoxy) is 2. The monoisotopic (exact) mass is 420 g/mol. The van der Waals surface area contributed by atoms with Gasteiger partial charge in [-0.05, 0) is 41.1 Å². The van der Waals surface area contributed by atoms with Gasteiger partial charge in [0.1, 0.15) is 5.82 Å². The lowest BCUT2D eigenvalue weighted by atomic mass is 9.97. The maximum absolute atomic E-state index is 15.1. The maximum Gasteiger partial charge on any atom is 0.333 e. The highest BCUT2D eigenvalue weighted by atomic mass is 19.1. The molecule has 0 saturated carbocycles. The average molecular weight is 420 g/mol. The third kappa shape index (κ3) is 5.18. The Kier molecular flexibility index (Phi) is 6.85. The summed E-state index contributed by atoms with van der Waals surface area (Å²) in [5.41, 5.74) is 2.22. The second kappa shape index (κ2) is 9.56. The molecule has 5 heteroatoms. The van der Waals surface area contributed by atoms with Crippen LogP contribution in [0.25, 0.3) is 21.5 Å². The Bertz CT molecular complexity index is 1190. The van der Waals surface area contributed by atoms with Crippen LogP contribution in [0.5, 0.6) is 0 Å². The molecule has 3 aromatic carbocycles. The fourth-order valence-corrected chi connectivity index (χ4v) is 3.31. The summed E-state index contributed by atoms with van der Waals surface area (Å²) in [6.07, 6.45) is 0.879. The van der Waals surface area contributed by atoms with E-state index in [1.165, 1.54) is 0 Å². The van der Waals surface area contributed by atoms with Gasteiger partial charge in [-0.1, -0.05) is 55.6 Å². The van der Waals surface area contributed by atoms with Gasteiger partial charge in [-0.2, -0.15) is 0 Å². The number of carbonyl (C=O) groups excluding carboxylic acids is 2. The molecule has 0 atom stereocenters. The Morgan fingerprint density at radius 2 is 1.39 bits per heavy atom. The first-order valence-electron chi connectivity index (χ1n) is 10.1. The third-order valence-corrected chi connectivity index (χ3v) is 5.02. The largest absolute Gasteiger partial charge is 0.462 e. The topological polar surface area (TPSA) is 52.6 Å². The molecule has 3 aromatic rings. The fraction of sp³-hybridized carbons (Fsp3) is 0.231. The Labute approximate surface area is 181 Å². The second-order valence-corrected chi connectivity index (χ2v) is 7.59. The zero-order valence-corrected chi connectivity index (χ0v) is 17.8. The second-order valence-electron chi connectivity index (χ2n) is 7.59. The van der Waals surface area contributed by atoms with Crippen molar-refractivity contribution in [3.05, 3.63) is 83.7 Å². The summed E-state index contributed by atoms with van der Waals surface area (Å²) >= 11 is 0. The van der Waals surface area contributed by atoms with E-state index < -0.39 is 11.9 Å². The van der Waals surface area contributed by atoms with Gasteiger partial charge >= 0.3 is 11.9 Å². The smallest absolute Gasteiger partial charge is 0.333 e. The normalized spacial score (nSPS) is 10.8. The molecule has 0 unspecified atom stereocenters. The van der Waals surface area contributed by atoms with E-state index in [0.717, 1.165) is 21.7 Å². The van der Waals surface area contributed by atoms with Crippen molar-refractivity contribution in [2.24, 2.45) is 0 Å². The van der Waals surface area contributed by atoms with E-state index in [9.17, 15) is 9.59 Å². The summed E-state index contributed by atoms with van der Waals surface area (Å²) in [7, 11) is 0. The molecule has 0 amide bonds. The summed E-state index contributed by atoms with van der Waals surface area (Å²) in [6, 6.07) is 13.2. The van der Waals surface area contributed by atoms with Crippen LogP contribution in [0.3, 0.4) is 0 Å². The zero-order valence-electron chi connectivity index (χ0n) is 17.8. The van der Waals surface area contributed by atoms with E-state index in [4.69, 9.17) is 9.47 Å². The minimum Gasteiger partial charge on any atom is -0.462 e. The number of benzene rings is 3. The van der Waals surface area contributed by atoms with Crippen molar-refractivity contribution in [3.63, 3.8) is 0 Å². The lowest BCUT2D eigenvalue weighted by Crippen LogP contribution is -2.08. The maximum atomic E-state index is 15.1. The van der Waals surface area contributed by atoms with E-state index in [2.05, 4.69) is 13.2 Å². The Balaban J connectivity index is 1.78. The summed E-state index contributed by atoms with van der Waals surface area (Å²) in [5.74, 6) is -1.17. The summed E-state index contributed by atoms with van der Waals surface area (Å²) < 4.78 is 25.3. The fourth-order valence-electron chi connectivity index (χ4n) is 3.31. The highest BCUT2D eigenvalue weighted by molar-refractivity contribution is 6.08. The quantitative estimate of drug-likeness (QED) is 0.276. The lowest BCUT2D eigenvalue weighted by molar-refractivity contribution is -0.139. The molecule has 0 aliphatic rings. The van der Waals surface area contributed by atoms with Crippen molar-refractivity contribution in [1.29, 1.82) is 0 Å². The van der Waals surface area contributed by atoms with E-state index in [1.54, 1.807) is 26.0 Å². The van der Waals surface area contributed by atoms with Gasteiger partial charge in [-0.25, -0.2) is 14.0 Å². The van der Waals surface area contributed by atoms with Crippen LogP contribution in [0.15, 0.2) is 66.8 Å². The molecule has 0 saturated heterocycles. The molecule has 31 heavy (non-hydrogen) atoms. The first kappa shape index (κ1) is 22.2. The summed E-state index contributed by atoms with van der Waals surface area (Å²) in [6.45, 7) is 10.7. The van der Waals surface area contributed by atoms with Crippen molar-refractivity contribution < 1.29 is 23.5 Å². The van der Waals surface area contributed by atoms with Crippen LogP contribution in [0, 0.1) is 5.82 Å². The number of rotatable bonds is 8. The van der Waals surface area contributed by atoms with E-state index >= 15 is 4.39 Å². The van der Waals surface area contributed by atoms with Crippen LogP contribution in [0.2, 0.25) is 0 Å². The van der Waals surface area contributed by atoms with Crippen LogP contribution < -0.4 is 0 Å². The molecule has 0 heterocycles. The first-order chi connectivity index (χ1) is 14.8. The van der Waals surface area contributed by atoms with Gasteiger partial charge in [0.05, 0.1) is 13.2 Å². The molecular weight excluding hydrogens is 395 g/mol. The van der Waals surface area contributed by atoms with E-state index in [0.29, 0.717) is 34.9 Å². The number of fused-ring (bicyclic) bond motifs is 3. The molecule has 160 valence electrons. The minimum absolute atomic E-state index is 0.0982. The van der Waals surface area contributed by atoms with Crippen LogP contribution in [0.1, 0.15) is 25.0 Å². The molecule has 3 rings (SSSR count). The van der Waals surface area contributed by atoms with Crippen molar-refractivity contribution >= 4 is 33.5 Å². The molecule has 0 aromatic heterocycles. The third-order valence-electron chi connectivity index (χ3n) is 5.02. The van der Waals surface area contributed by atoms with E-state index in [-0.39, 0.29) is 19.0 Å². The summed E-state index contributed by atoms with van der Waals surface area (Å²) in [5, 5.41) is 3.27. The van der Waals surface area contributed by atoms with Crippen LogP contribution in [0.4, 0.5) is 4.39 Å². The number of hydrogen-bond donors (Lipinski definition) is 0. The van der Waals surface area contributed by atoms with Crippen molar-refractivity contribution in [2.75, 3.05) is 13.2 Å². The van der Waals surface area contributed by atoms with Gasteiger partial charge in [-0.15, -0.1) is 0 Å². The highest BCUT2D eigenvalue weighted by Crippen LogP contribution is 2.30. The Hall–Kier alpha value is -3.47. The van der Waals surface area contributed by atoms with Gasteiger partial charge < -0.3 is 9.47 Å². The van der Waals surface area contributed by atoms with Gasteiger partial charge in [0.2, 0.25) is 0 Å². The minimum atomic E-state index is -0.475. The molecule has 0 aliphatic carbocycles. The highest BCUT2D eigenvalue weighted by Gasteiger charge is 2.12. The molecule has 0 N–H and O–H groups in total. The van der Waals surface area contributed by atoms with Crippen molar-refractivity contribution in [3.8, 4) is 0 Å². The van der Waals surface area contributed by atoms with Crippen molar-refractivity contribution in [2.45, 2.75) is 26.7 Å². The molecule has 0 fully saturated rings. The van der Waals surface area contributed by atoms with Gasteiger partial charge in [0, 0.05) is 29.4 Å². The Morgan fingerprint density at radius 1 is 0.806 bits per heavy atom. The number of carbonyl (C=O) groups is 2. The van der Waals surface area contributed by atoms with Gasteiger partial charge in [0.25, 0.3) is 0 Å². The molecule has 0 bridgehead atoms. The lowest BCUT2D eigenvalue weighted by Gasteiger charge is -2.11. The van der Waals surface area contributed by atoms with Crippen LogP contribution in [-0.4, -0.2) is 25.2 Å². The molecular formula is C26H25FO4. The van der Waals surface area contributed by atoms with Gasteiger partial charge in [0.15, 0.2) is 0 Å². The number of halogens is 1. The predicted molar refractivity (Wildman–Crippen MR) is 120 cm³/mol. The van der Waals surface area contributed by atoms with E-state index in [1.807, 2.05) is 30.3 Å². The Morgan fingerprint density at radius 3 is 2.03 bits per heavy atom. The molecule has 0 spiro atoms. The molecule has 0 aliphatic heterocycles. The molecule has 4 nitrogen and oxygen atoms in total. The zero-order chi connectivity index (χ0) is 22.5. The number of hydrogen-bond acceptors (Lipinski definition) is 4. The van der Waals surface area contributed by atoms with Gasteiger partial charge in [-0.3, -0.25) is 0 Å². The SMILES string of the molecule is C=C(C)C(=O)OCCc1ccc2c(ccc3c(F)c(CCOC(=O)C(=C)C)ccc32)c1. The summed E-state index contributed by atoms with van der Waals surface area (Å²) in [4.78, 5) is 23.0. The van der Waals surface area contributed by atoms with Crippen LogP contribution >= 0.6 is 0 Å². The first-order valence-corrected chi connectivity index (χ1v) is 10.1.